The van der Waals surface area contributed by atoms with E-state index < -0.39 is 17.8 Å². The second-order valence-electron chi connectivity index (χ2n) is 8.47. The van der Waals surface area contributed by atoms with Crippen LogP contribution in [0.2, 0.25) is 0 Å². The minimum atomic E-state index is -1.15. The van der Waals surface area contributed by atoms with E-state index in [4.69, 9.17) is 17.0 Å². The molecule has 2 N–H and O–H groups in total. The smallest absolute Gasteiger partial charge is 0.335 e. The topological polar surface area (TPSA) is 95.9 Å². The van der Waals surface area contributed by atoms with Crippen molar-refractivity contribution in [2.45, 2.75) is 6.61 Å². The minimum absolute atomic E-state index is 0.0168. The van der Waals surface area contributed by atoms with E-state index in [1.165, 1.54) is 24.3 Å². The number of carbonyl (C=O) groups excluding carboxylic acids is 2. The summed E-state index contributed by atoms with van der Waals surface area (Å²) in [5.74, 6) is -2.01. The minimum Gasteiger partial charge on any atom is -0.488 e. The number of anilines is 1. The number of fused-ring (bicyclic) bond motifs is 1. The lowest BCUT2D eigenvalue weighted by molar-refractivity contribution is -0.122. The van der Waals surface area contributed by atoms with Gasteiger partial charge in [-0.15, -0.1) is 0 Å². The number of rotatable bonds is 6. The predicted octanol–water partition coefficient (Wildman–Crippen LogP) is 5.71. The molecule has 0 unspecified atom stereocenters. The van der Waals surface area contributed by atoms with Crippen LogP contribution in [0.3, 0.4) is 0 Å². The Hall–Kier alpha value is -4.34. The lowest BCUT2D eigenvalue weighted by Gasteiger charge is -2.29. The van der Waals surface area contributed by atoms with Crippen molar-refractivity contribution in [3.63, 3.8) is 0 Å². The van der Waals surface area contributed by atoms with Gasteiger partial charge in [0.15, 0.2) is 5.11 Å². The molecule has 0 aliphatic carbocycles. The first-order valence-corrected chi connectivity index (χ1v) is 12.6. The number of ether oxygens (including phenoxy) is 1. The predicted molar refractivity (Wildman–Crippen MR) is 152 cm³/mol. The zero-order valence-electron chi connectivity index (χ0n) is 19.7. The SMILES string of the molecule is O=C1NC(=S)N(c2cccc(C(=O)O)c2)C(=O)C1=Cc1cc(Br)ccc1OCc1ccc2ccccc2c1. The second kappa shape index (κ2) is 10.6. The molecule has 2 amide bonds. The van der Waals surface area contributed by atoms with Crippen molar-refractivity contribution in [2.24, 2.45) is 0 Å². The zero-order valence-corrected chi connectivity index (χ0v) is 22.1. The molecule has 7 nitrogen and oxygen atoms in total. The Balaban J connectivity index is 1.46. The van der Waals surface area contributed by atoms with E-state index in [1.54, 1.807) is 24.3 Å². The van der Waals surface area contributed by atoms with E-state index in [1.807, 2.05) is 36.4 Å². The van der Waals surface area contributed by atoms with Gasteiger partial charge in [0.1, 0.15) is 17.9 Å². The molecule has 0 saturated carbocycles. The van der Waals surface area contributed by atoms with Crippen LogP contribution in [-0.4, -0.2) is 28.0 Å². The molecule has 0 bridgehead atoms. The summed E-state index contributed by atoms with van der Waals surface area (Å²) in [5, 5.41) is 13.9. The summed E-state index contributed by atoms with van der Waals surface area (Å²) >= 11 is 8.67. The van der Waals surface area contributed by atoms with Gasteiger partial charge in [0.05, 0.1) is 11.3 Å². The van der Waals surface area contributed by atoms with Gasteiger partial charge in [-0.1, -0.05) is 58.4 Å². The summed E-state index contributed by atoms with van der Waals surface area (Å²) in [6.07, 6.45) is 1.44. The fourth-order valence-corrected chi connectivity index (χ4v) is 4.74. The van der Waals surface area contributed by atoms with Gasteiger partial charge >= 0.3 is 5.97 Å². The molecule has 38 heavy (non-hydrogen) atoms. The molecule has 1 heterocycles. The van der Waals surface area contributed by atoms with Gasteiger partial charge in [0.25, 0.3) is 11.8 Å². The molecule has 0 radical (unpaired) electrons. The van der Waals surface area contributed by atoms with Crippen molar-refractivity contribution in [1.29, 1.82) is 0 Å². The van der Waals surface area contributed by atoms with E-state index in [2.05, 4.69) is 27.3 Å². The summed E-state index contributed by atoms with van der Waals surface area (Å²) in [5.41, 5.74) is 1.51. The standard InChI is InChI=1S/C29H19BrN2O5S/c30-22-10-11-25(37-16-17-8-9-18-4-1-2-5-19(18)12-17)21(13-22)15-24-26(33)31-29(38)32(27(24)34)23-7-3-6-20(14-23)28(35)36/h1-15H,16H2,(H,35,36)(H,31,33,38). The maximum Gasteiger partial charge on any atom is 0.335 e. The molecule has 1 fully saturated rings. The van der Waals surface area contributed by atoms with Crippen LogP contribution in [0.15, 0.2) is 95.0 Å². The van der Waals surface area contributed by atoms with E-state index in [0.29, 0.717) is 11.3 Å². The van der Waals surface area contributed by atoms with Gasteiger partial charge in [-0.2, -0.15) is 0 Å². The molecule has 4 aromatic rings. The fraction of sp³-hybridized carbons (Fsp3) is 0.0345. The number of nitrogens with one attached hydrogen (secondary N) is 1. The van der Waals surface area contributed by atoms with Crippen LogP contribution < -0.4 is 15.0 Å². The Morgan fingerprint density at radius 1 is 0.974 bits per heavy atom. The first kappa shape index (κ1) is 25.3. The number of carboxylic acids is 1. The molecule has 4 aromatic carbocycles. The number of hydrogen-bond donors (Lipinski definition) is 2. The zero-order chi connectivity index (χ0) is 26.8. The second-order valence-corrected chi connectivity index (χ2v) is 9.77. The monoisotopic (exact) mass is 586 g/mol. The van der Waals surface area contributed by atoms with Gasteiger partial charge < -0.3 is 9.84 Å². The molecule has 1 aliphatic heterocycles. The Morgan fingerprint density at radius 3 is 2.55 bits per heavy atom. The Bertz CT molecular complexity index is 1670. The average molecular weight is 587 g/mol. The molecular formula is C29H19BrN2O5S. The van der Waals surface area contributed by atoms with Gasteiger partial charge in [-0.05, 0) is 77.1 Å². The quantitative estimate of drug-likeness (QED) is 0.171. The summed E-state index contributed by atoms with van der Waals surface area (Å²) in [6, 6.07) is 25.2. The van der Waals surface area contributed by atoms with Gasteiger partial charge in [-0.25, -0.2) is 4.79 Å². The molecule has 1 saturated heterocycles. The van der Waals surface area contributed by atoms with E-state index in [0.717, 1.165) is 25.7 Å². The van der Waals surface area contributed by atoms with Crippen molar-refractivity contribution >= 4 is 73.6 Å². The van der Waals surface area contributed by atoms with Crippen molar-refractivity contribution in [1.82, 2.24) is 5.32 Å². The highest BCUT2D eigenvalue weighted by Gasteiger charge is 2.35. The molecule has 188 valence electrons. The summed E-state index contributed by atoms with van der Waals surface area (Å²) in [7, 11) is 0. The number of thiocarbonyl (C=S) groups is 1. The van der Waals surface area contributed by atoms with Gasteiger partial charge in [0.2, 0.25) is 0 Å². The maximum atomic E-state index is 13.4. The first-order chi connectivity index (χ1) is 18.3. The number of carbonyl (C=O) groups is 3. The number of nitrogens with zero attached hydrogens (tertiary/aromatic N) is 1. The van der Waals surface area contributed by atoms with E-state index in [-0.39, 0.29) is 28.5 Å². The Morgan fingerprint density at radius 2 is 1.76 bits per heavy atom. The van der Waals surface area contributed by atoms with Crippen LogP contribution in [-0.2, 0) is 16.2 Å². The third-order valence-corrected chi connectivity index (χ3v) is 6.71. The van der Waals surface area contributed by atoms with Crippen molar-refractivity contribution in [3.05, 3.63) is 112 Å². The number of halogens is 1. The largest absolute Gasteiger partial charge is 0.488 e. The van der Waals surface area contributed by atoms with Crippen LogP contribution in [0.1, 0.15) is 21.5 Å². The highest BCUT2D eigenvalue weighted by atomic mass is 79.9. The summed E-state index contributed by atoms with van der Waals surface area (Å²) in [4.78, 5) is 38.8. The van der Waals surface area contributed by atoms with E-state index >= 15 is 0 Å². The number of aromatic carboxylic acids is 1. The fourth-order valence-electron chi connectivity index (χ4n) is 4.08. The highest BCUT2D eigenvalue weighted by Crippen LogP contribution is 2.29. The third kappa shape index (κ3) is 5.20. The summed E-state index contributed by atoms with van der Waals surface area (Å²) < 4.78 is 6.83. The molecule has 9 heteroatoms. The van der Waals surface area contributed by atoms with Crippen LogP contribution in [0.5, 0.6) is 5.75 Å². The molecule has 5 rings (SSSR count). The van der Waals surface area contributed by atoms with Crippen molar-refractivity contribution < 1.29 is 24.2 Å². The molecular weight excluding hydrogens is 568 g/mol. The molecule has 1 aliphatic rings. The normalized spacial score (nSPS) is 14.6. The highest BCUT2D eigenvalue weighted by molar-refractivity contribution is 9.10. The lowest BCUT2D eigenvalue weighted by Crippen LogP contribution is -2.54. The van der Waals surface area contributed by atoms with Crippen LogP contribution in [0.4, 0.5) is 5.69 Å². The van der Waals surface area contributed by atoms with Gasteiger partial charge in [-0.3, -0.25) is 19.8 Å². The van der Waals surface area contributed by atoms with Crippen molar-refractivity contribution in [3.8, 4) is 5.75 Å². The number of carboxylic acid groups (broad SMARTS) is 1. The van der Waals surface area contributed by atoms with Crippen LogP contribution in [0.25, 0.3) is 16.8 Å². The van der Waals surface area contributed by atoms with Gasteiger partial charge in [0, 0.05) is 10.0 Å². The Labute approximate surface area is 231 Å². The number of hydrogen-bond acceptors (Lipinski definition) is 5. The molecule has 0 atom stereocenters. The van der Waals surface area contributed by atoms with Crippen LogP contribution in [0, 0.1) is 0 Å². The summed E-state index contributed by atoms with van der Waals surface area (Å²) in [6.45, 7) is 0.279. The van der Waals surface area contributed by atoms with E-state index in [9.17, 15) is 19.5 Å². The maximum absolute atomic E-state index is 13.4. The molecule has 0 aromatic heterocycles. The molecule has 0 spiro atoms. The lowest BCUT2D eigenvalue weighted by atomic mass is 10.1. The average Bonchev–Trinajstić information content (AvgIpc) is 2.90. The third-order valence-electron chi connectivity index (χ3n) is 5.93. The number of benzene rings is 4. The Kier molecular flexibility index (Phi) is 7.04. The first-order valence-electron chi connectivity index (χ1n) is 11.4. The number of amides is 2. The van der Waals surface area contributed by atoms with Crippen LogP contribution >= 0.6 is 28.1 Å². The van der Waals surface area contributed by atoms with Crippen molar-refractivity contribution in [2.75, 3.05) is 4.90 Å².